The first-order valence-electron chi connectivity index (χ1n) is 4.85. The maximum absolute atomic E-state index is 13.4. The summed E-state index contributed by atoms with van der Waals surface area (Å²) < 4.78 is 13.4. The molecule has 16 heavy (non-hydrogen) atoms. The van der Waals surface area contributed by atoms with Gasteiger partial charge in [0, 0.05) is 13.0 Å². The molecular weight excluding hydrogens is 209 g/mol. The molecule has 2 N–H and O–H groups in total. The third-order valence-corrected chi connectivity index (χ3v) is 2.03. The molecule has 0 saturated heterocycles. The lowest BCUT2D eigenvalue weighted by atomic mass is 10.2. The number of terminal acetylenes is 1. The Hall–Kier alpha value is -2.02. The van der Waals surface area contributed by atoms with Gasteiger partial charge >= 0.3 is 5.97 Å². The van der Waals surface area contributed by atoms with Crippen LogP contribution in [0.5, 0.6) is 0 Å². The Morgan fingerprint density at radius 2 is 2.31 bits per heavy atom. The van der Waals surface area contributed by atoms with E-state index in [-0.39, 0.29) is 5.56 Å². The molecule has 4 heteroatoms. The predicted molar refractivity (Wildman–Crippen MR) is 59.9 cm³/mol. The van der Waals surface area contributed by atoms with Crippen LogP contribution in [-0.4, -0.2) is 17.6 Å². The highest BCUT2D eigenvalue weighted by atomic mass is 19.1. The Morgan fingerprint density at radius 3 is 2.88 bits per heavy atom. The number of carboxylic acid groups (broad SMARTS) is 1. The fraction of sp³-hybridized carbons (Fsp3) is 0.250. The van der Waals surface area contributed by atoms with Crippen molar-refractivity contribution in [2.75, 3.05) is 11.9 Å². The molecule has 0 radical (unpaired) electrons. The molecule has 0 saturated carbocycles. The zero-order valence-electron chi connectivity index (χ0n) is 8.66. The van der Waals surface area contributed by atoms with E-state index in [2.05, 4.69) is 11.2 Å². The van der Waals surface area contributed by atoms with Crippen LogP contribution in [0.25, 0.3) is 0 Å². The minimum atomic E-state index is -1.14. The molecule has 3 nitrogen and oxygen atoms in total. The second kappa shape index (κ2) is 5.76. The lowest BCUT2D eigenvalue weighted by Gasteiger charge is -2.06. The zero-order valence-corrected chi connectivity index (χ0v) is 8.66. The second-order valence-corrected chi connectivity index (χ2v) is 3.23. The van der Waals surface area contributed by atoms with Crippen LogP contribution in [0.2, 0.25) is 0 Å². The van der Waals surface area contributed by atoms with Gasteiger partial charge in [0.15, 0.2) is 0 Å². The molecule has 0 aliphatic heterocycles. The molecule has 0 atom stereocenters. The first kappa shape index (κ1) is 12.1. The van der Waals surface area contributed by atoms with Gasteiger partial charge in [-0.25, -0.2) is 9.18 Å². The summed E-state index contributed by atoms with van der Waals surface area (Å²) >= 11 is 0. The van der Waals surface area contributed by atoms with Gasteiger partial charge in [-0.15, -0.1) is 12.3 Å². The number of hydrogen-bond acceptors (Lipinski definition) is 2. The van der Waals surface area contributed by atoms with Gasteiger partial charge in [-0.1, -0.05) is 0 Å². The highest BCUT2D eigenvalue weighted by molar-refractivity contribution is 5.88. The van der Waals surface area contributed by atoms with E-state index in [0.29, 0.717) is 18.7 Å². The van der Waals surface area contributed by atoms with Crippen molar-refractivity contribution in [2.24, 2.45) is 0 Å². The fourth-order valence-electron chi connectivity index (χ4n) is 1.21. The monoisotopic (exact) mass is 221 g/mol. The van der Waals surface area contributed by atoms with Crippen LogP contribution >= 0.6 is 0 Å². The van der Waals surface area contributed by atoms with Crippen molar-refractivity contribution < 1.29 is 14.3 Å². The third-order valence-electron chi connectivity index (χ3n) is 2.03. The summed E-state index contributed by atoms with van der Waals surface area (Å²) in [7, 11) is 0. The summed E-state index contributed by atoms with van der Waals surface area (Å²) in [6.07, 6.45) is 6.45. The van der Waals surface area contributed by atoms with E-state index in [1.54, 1.807) is 0 Å². The van der Waals surface area contributed by atoms with Crippen molar-refractivity contribution in [1.29, 1.82) is 0 Å². The van der Waals surface area contributed by atoms with Crippen molar-refractivity contribution in [3.05, 3.63) is 29.6 Å². The number of hydrogen-bond donors (Lipinski definition) is 2. The largest absolute Gasteiger partial charge is 0.478 e. The number of aromatic carboxylic acids is 1. The standard InChI is InChI=1S/C12H12FNO2/c1-2-3-4-7-14-11-6-5-9(12(15)16)8-10(11)13/h1,5-6,8,14H,3-4,7H2,(H,15,16). The summed E-state index contributed by atoms with van der Waals surface area (Å²) in [5.74, 6) is 0.771. The average Bonchev–Trinajstić information content (AvgIpc) is 2.26. The molecule has 1 aromatic rings. The molecule has 0 aliphatic rings. The number of halogens is 1. The van der Waals surface area contributed by atoms with Crippen LogP contribution in [0.1, 0.15) is 23.2 Å². The lowest BCUT2D eigenvalue weighted by molar-refractivity contribution is 0.0696. The summed E-state index contributed by atoms with van der Waals surface area (Å²) in [6, 6.07) is 3.76. The van der Waals surface area contributed by atoms with Gasteiger partial charge in [0.1, 0.15) is 5.82 Å². The first-order chi connectivity index (χ1) is 7.65. The van der Waals surface area contributed by atoms with Gasteiger partial charge in [0.2, 0.25) is 0 Å². The van der Waals surface area contributed by atoms with Crippen LogP contribution in [0.3, 0.4) is 0 Å². The van der Waals surface area contributed by atoms with Crippen molar-refractivity contribution in [2.45, 2.75) is 12.8 Å². The van der Waals surface area contributed by atoms with Crippen LogP contribution in [0.4, 0.5) is 10.1 Å². The number of benzene rings is 1. The molecule has 1 aromatic carbocycles. The summed E-state index contributed by atoms with van der Waals surface area (Å²) in [5, 5.41) is 11.5. The van der Waals surface area contributed by atoms with Gasteiger partial charge < -0.3 is 10.4 Å². The maximum Gasteiger partial charge on any atom is 0.335 e. The van der Waals surface area contributed by atoms with Crippen LogP contribution in [0, 0.1) is 18.2 Å². The van der Waals surface area contributed by atoms with Gasteiger partial charge in [-0.2, -0.15) is 0 Å². The van der Waals surface area contributed by atoms with E-state index < -0.39 is 11.8 Å². The van der Waals surface area contributed by atoms with Crippen LogP contribution < -0.4 is 5.32 Å². The van der Waals surface area contributed by atoms with E-state index in [1.807, 2.05) is 0 Å². The summed E-state index contributed by atoms with van der Waals surface area (Å²) in [5.41, 5.74) is 0.230. The fourth-order valence-corrected chi connectivity index (χ4v) is 1.21. The molecule has 0 bridgehead atoms. The third kappa shape index (κ3) is 3.28. The van der Waals surface area contributed by atoms with E-state index in [4.69, 9.17) is 11.5 Å². The Kier molecular flexibility index (Phi) is 4.34. The first-order valence-corrected chi connectivity index (χ1v) is 4.85. The number of carboxylic acids is 1. The Morgan fingerprint density at radius 1 is 1.56 bits per heavy atom. The second-order valence-electron chi connectivity index (χ2n) is 3.23. The van der Waals surface area contributed by atoms with Crippen molar-refractivity contribution in [3.8, 4) is 12.3 Å². The average molecular weight is 221 g/mol. The molecule has 0 amide bonds. The highest BCUT2D eigenvalue weighted by Gasteiger charge is 2.07. The molecule has 0 heterocycles. The number of carbonyl (C=O) groups is 1. The van der Waals surface area contributed by atoms with Crippen molar-refractivity contribution in [3.63, 3.8) is 0 Å². The van der Waals surface area contributed by atoms with Gasteiger partial charge in [0.05, 0.1) is 11.3 Å². The van der Waals surface area contributed by atoms with Crippen molar-refractivity contribution in [1.82, 2.24) is 0 Å². The highest BCUT2D eigenvalue weighted by Crippen LogP contribution is 2.15. The molecule has 1 rings (SSSR count). The number of anilines is 1. The Labute approximate surface area is 93.3 Å². The minimum absolute atomic E-state index is 0.0633. The van der Waals surface area contributed by atoms with Gasteiger partial charge in [0.25, 0.3) is 0 Å². The number of nitrogens with one attached hydrogen (secondary N) is 1. The molecular formula is C12H12FNO2. The van der Waals surface area contributed by atoms with Gasteiger partial charge in [-0.3, -0.25) is 0 Å². The van der Waals surface area contributed by atoms with Crippen LogP contribution in [-0.2, 0) is 0 Å². The van der Waals surface area contributed by atoms with E-state index in [9.17, 15) is 9.18 Å². The lowest BCUT2D eigenvalue weighted by Crippen LogP contribution is -2.04. The SMILES string of the molecule is C#CCCCNc1ccc(C(=O)O)cc1F. The molecule has 0 unspecified atom stereocenters. The van der Waals surface area contributed by atoms with E-state index in [1.165, 1.54) is 12.1 Å². The Balaban J connectivity index is 2.62. The smallest absolute Gasteiger partial charge is 0.335 e. The normalized spacial score (nSPS) is 9.50. The summed E-state index contributed by atoms with van der Waals surface area (Å²) in [6.45, 7) is 0.563. The molecule has 0 aliphatic carbocycles. The number of rotatable bonds is 5. The van der Waals surface area contributed by atoms with Crippen molar-refractivity contribution >= 4 is 11.7 Å². The maximum atomic E-state index is 13.4. The molecule has 0 aromatic heterocycles. The molecule has 0 spiro atoms. The Bertz CT molecular complexity index is 424. The molecule has 84 valence electrons. The quantitative estimate of drug-likeness (QED) is 0.592. The number of unbranched alkanes of at least 4 members (excludes halogenated alkanes) is 1. The zero-order chi connectivity index (χ0) is 12.0. The topological polar surface area (TPSA) is 49.3 Å². The predicted octanol–water partition coefficient (Wildman–Crippen LogP) is 2.35. The van der Waals surface area contributed by atoms with E-state index >= 15 is 0 Å². The molecule has 0 fully saturated rings. The minimum Gasteiger partial charge on any atom is -0.478 e. The van der Waals surface area contributed by atoms with Crippen LogP contribution in [0.15, 0.2) is 18.2 Å². The van der Waals surface area contributed by atoms with Gasteiger partial charge in [-0.05, 0) is 24.6 Å². The van der Waals surface area contributed by atoms with E-state index in [0.717, 1.165) is 12.5 Å². The summed E-state index contributed by atoms with van der Waals surface area (Å²) in [4.78, 5) is 10.6.